The average Bonchev–Trinajstić information content (AvgIpc) is 2.96. The van der Waals surface area contributed by atoms with Crippen LogP contribution in [-0.4, -0.2) is 54.8 Å². The van der Waals surface area contributed by atoms with Crippen LogP contribution < -0.4 is 4.74 Å². The van der Waals surface area contributed by atoms with Gasteiger partial charge in [-0.15, -0.1) is 0 Å². The summed E-state index contributed by atoms with van der Waals surface area (Å²) in [4.78, 5) is 26.0. The van der Waals surface area contributed by atoms with E-state index in [9.17, 15) is 9.59 Å². The Balaban J connectivity index is 2.31. The van der Waals surface area contributed by atoms with Gasteiger partial charge in [-0.05, 0) is 26.3 Å². The normalized spacial score (nSPS) is 20.9. The van der Waals surface area contributed by atoms with E-state index in [1.54, 1.807) is 19.1 Å². The van der Waals surface area contributed by atoms with E-state index in [2.05, 4.69) is 0 Å². The maximum absolute atomic E-state index is 13.2. The molecule has 1 aromatic carbocycles. The van der Waals surface area contributed by atoms with Gasteiger partial charge >= 0.3 is 5.97 Å². The summed E-state index contributed by atoms with van der Waals surface area (Å²) in [6, 6.07) is 7.05. The summed E-state index contributed by atoms with van der Waals surface area (Å²) in [5.74, 6) is -0.379. The summed E-state index contributed by atoms with van der Waals surface area (Å²) in [6.45, 7) is 4.09. The van der Waals surface area contributed by atoms with E-state index in [0.717, 1.165) is 5.56 Å². The Kier molecular flexibility index (Phi) is 5.49. The SMILES string of the molecule is COc1ccccc1C(C)(C)C(=O)N1CC(OC)CC1CC(=O)O. The van der Waals surface area contributed by atoms with Gasteiger partial charge in [-0.3, -0.25) is 9.59 Å². The van der Waals surface area contributed by atoms with Crippen molar-refractivity contribution in [2.45, 2.75) is 44.2 Å². The number of hydrogen-bond donors (Lipinski definition) is 1. The number of ether oxygens (including phenoxy) is 2. The zero-order valence-corrected chi connectivity index (χ0v) is 14.6. The van der Waals surface area contributed by atoms with E-state index in [-0.39, 0.29) is 24.5 Å². The van der Waals surface area contributed by atoms with E-state index in [1.807, 2.05) is 38.1 Å². The number of aliphatic carboxylic acids is 1. The molecule has 1 aromatic rings. The molecule has 2 rings (SSSR count). The quantitative estimate of drug-likeness (QED) is 0.861. The third-order valence-corrected chi connectivity index (χ3v) is 4.70. The Hall–Kier alpha value is -2.08. The van der Waals surface area contributed by atoms with E-state index < -0.39 is 11.4 Å². The molecule has 0 radical (unpaired) electrons. The number of para-hydroxylation sites is 1. The number of amides is 1. The first-order valence-corrected chi connectivity index (χ1v) is 8.00. The lowest BCUT2D eigenvalue weighted by Crippen LogP contribution is -2.46. The predicted octanol–water partition coefficient (Wildman–Crippen LogP) is 2.06. The van der Waals surface area contributed by atoms with Crippen LogP contribution in [0.2, 0.25) is 0 Å². The van der Waals surface area contributed by atoms with Crippen LogP contribution in [0.15, 0.2) is 24.3 Å². The van der Waals surface area contributed by atoms with Crippen molar-refractivity contribution >= 4 is 11.9 Å². The molecule has 2 atom stereocenters. The highest BCUT2D eigenvalue weighted by Crippen LogP contribution is 2.35. The van der Waals surface area contributed by atoms with Gasteiger partial charge in [0.25, 0.3) is 0 Å². The number of nitrogens with zero attached hydrogens (tertiary/aromatic N) is 1. The zero-order chi connectivity index (χ0) is 17.9. The number of carbonyl (C=O) groups is 2. The first kappa shape index (κ1) is 18.3. The molecule has 0 spiro atoms. The minimum absolute atomic E-state index is 0.0758. The van der Waals surface area contributed by atoms with Gasteiger partial charge in [0.15, 0.2) is 0 Å². The lowest BCUT2D eigenvalue weighted by atomic mass is 9.82. The van der Waals surface area contributed by atoms with Crippen LogP contribution in [0.5, 0.6) is 5.75 Å². The molecule has 0 bridgehead atoms. The molecule has 132 valence electrons. The average molecular weight is 335 g/mol. The molecule has 1 amide bonds. The summed E-state index contributed by atoms with van der Waals surface area (Å²) in [7, 11) is 3.16. The molecule has 6 heteroatoms. The van der Waals surface area contributed by atoms with Gasteiger partial charge in [-0.1, -0.05) is 18.2 Å². The minimum atomic E-state index is -0.912. The van der Waals surface area contributed by atoms with Gasteiger partial charge in [0.05, 0.1) is 25.0 Å². The highest BCUT2D eigenvalue weighted by molar-refractivity contribution is 5.89. The summed E-state index contributed by atoms with van der Waals surface area (Å²) in [5, 5.41) is 9.14. The van der Waals surface area contributed by atoms with Crippen LogP contribution in [0.1, 0.15) is 32.3 Å². The summed E-state index contributed by atoms with van der Waals surface area (Å²) in [5.41, 5.74) is -0.0427. The van der Waals surface area contributed by atoms with Gasteiger partial charge in [-0.2, -0.15) is 0 Å². The van der Waals surface area contributed by atoms with Crippen LogP contribution >= 0.6 is 0 Å². The molecule has 2 unspecified atom stereocenters. The summed E-state index contributed by atoms with van der Waals surface area (Å²) >= 11 is 0. The fraction of sp³-hybridized carbons (Fsp3) is 0.556. The third-order valence-electron chi connectivity index (χ3n) is 4.70. The number of hydrogen-bond acceptors (Lipinski definition) is 4. The smallest absolute Gasteiger partial charge is 0.305 e. The first-order chi connectivity index (χ1) is 11.3. The molecule has 1 aliphatic rings. The number of likely N-dealkylation sites (tertiary alicyclic amines) is 1. The third kappa shape index (κ3) is 3.53. The van der Waals surface area contributed by atoms with Crippen LogP contribution in [0.3, 0.4) is 0 Å². The van der Waals surface area contributed by atoms with Crippen LogP contribution in [0.25, 0.3) is 0 Å². The minimum Gasteiger partial charge on any atom is -0.496 e. The Morgan fingerprint density at radius 1 is 1.29 bits per heavy atom. The number of carboxylic acids is 1. The van der Waals surface area contributed by atoms with Gasteiger partial charge in [0, 0.05) is 25.3 Å². The standard InChI is InChI=1S/C18H25NO5/c1-18(2,14-7-5-6-8-15(14)24-4)17(22)19-11-13(23-3)9-12(19)10-16(20)21/h5-8,12-13H,9-11H2,1-4H3,(H,20,21). The van der Waals surface area contributed by atoms with E-state index >= 15 is 0 Å². The molecule has 1 saturated heterocycles. The van der Waals surface area contributed by atoms with Crippen molar-refractivity contribution in [3.63, 3.8) is 0 Å². The zero-order valence-electron chi connectivity index (χ0n) is 14.6. The lowest BCUT2D eigenvalue weighted by Gasteiger charge is -2.33. The lowest BCUT2D eigenvalue weighted by molar-refractivity contribution is -0.141. The van der Waals surface area contributed by atoms with Crippen LogP contribution in [0.4, 0.5) is 0 Å². The second-order valence-electron chi connectivity index (χ2n) is 6.63. The molecule has 1 N–H and O–H groups in total. The molecule has 0 saturated carbocycles. The van der Waals surface area contributed by atoms with Crippen molar-refractivity contribution in [1.29, 1.82) is 0 Å². The van der Waals surface area contributed by atoms with Gasteiger partial charge in [0.1, 0.15) is 5.75 Å². The van der Waals surface area contributed by atoms with E-state index in [0.29, 0.717) is 18.7 Å². The molecule has 6 nitrogen and oxygen atoms in total. The molecule has 24 heavy (non-hydrogen) atoms. The Bertz CT molecular complexity index is 613. The summed E-state index contributed by atoms with van der Waals surface area (Å²) < 4.78 is 10.7. The Morgan fingerprint density at radius 2 is 1.96 bits per heavy atom. The van der Waals surface area contributed by atoms with Crippen molar-refractivity contribution < 1.29 is 24.2 Å². The Labute approximate surface area is 142 Å². The van der Waals surface area contributed by atoms with E-state index in [1.165, 1.54) is 0 Å². The summed E-state index contributed by atoms with van der Waals surface area (Å²) in [6.07, 6.45) is 0.330. The second kappa shape index (κ2) is 7.21. The van der Waals surface area contributed by atoms with Gasteiger partial charge in [0.2, 0.25) is 5.91 Å². The number of carboxylic acid groups (broad SMARTS) is 1. The van der Waals surface area contributed by atoms with Crippen molar-refractivity contribution in [1.82, 2.24) is 4.90 Å². The number of benzene rings is 1. The predicted molar refractivity (Wildman–Crippen MR) is 89.2 cm³/mol. The molecular weight excluding hydrogens is 310 g/mol. The largest absolute Gasteiger partial charge is 0.496 e. The van der Waals surface area contributed by atoms with Crippen LogP contribution in [-0.2, 0) is 19.7 Å². The van der Waals surface area contributed by atoms with Gasteiger partial charge in [-0.25, -0.2) is 0 Å². The number of methoxy groups -OCH3 is 2. The monoisotopic (exact) mass is 335 g/mol. The maximum atomic E-state index is 13.2. The molecule has 0 aromatic heterocycles. The number of carbonyl (C=O) groups excluding carboxylic acids is 1. The highest BCUT2D eigenvalue weighted by Gasteiger charge is 2.43. The second-order valence-corrected chi connectivity index (χ2v) is 6.63. The first-order valence-electron chi connectivity index (χ1n) is 8.00. The van der Waals surface area contributed by atoms with E-state index in [4.69, 9.17) is 14.6 Å². The fourth-order valence-corrected chi connectivity index (χ4v) is 3.32. The van der Waals surface area contributed by atoms with Crippen LogP contribution in [0, 0.1) is 0 Å². The van der Waals surface area contributed by atoms with Crippen molar-refractivity contribution in [3.8, 4) is 5.75 Å². The van der Waals surface area contributed by atoms with Crippen molar-refractivity contribution in [2.75, 3.05) is 20.8 Å². The maximum Gasteiger partial charge on any atom is 0.305 e. The van der Waals surface area contributed by atoms with Crippen molar-refractivity contribution in [3.05, 3.63) is 29.8 Å². The molecule has 1 heterocycles. The molecule has 0 aliphatic carbocycles. The van der Waals surface area contributed by atoms with Crippen molar-refractivity contribution in [2.24, 2.45) is 0 Å². The highest BCUT2D eigenvalue weighted by atomic mass is 16.5. The fourth-order valence-electron chi connectivity index (χ4n) is 3.32. The van der Waals surface area contributed by atoms with Gasteiger partial charge < -0.3 is 19.5 Å². The molecule has 1 fully saturated rings. The molecular formula is C18H25NO5. The Morgan fingerprint density at radius 3 is 2.54 bits per heavy atom. The molecule has 1 aliphatic heterocycles. The topological polar surface area (TPSA) is 76.1 Å². The number of rotatable bonds is 6.